The molecule has 0 saturated heterocycles. The highest BCUT2D eigenvalue weighted by atomic mass is 79.9. The van der Waals surface area contributed by atoms with Gasteiger partial charge in [-0.3, -0.25) is 9.59 Å². The van der Waals surface area contributed by atoms with E-state index in [0.29, 0.717) is 62.4 Å². The first-order chi connectivity index (χ1) is 23.8. The predicted octanol–water partition coefficient (Wildman–Crippen LogP) is 8.43. The van der Waals surface area contributed by atoms with Crippen LogP contribution in [0.4, 0.5) is 0 Å². The third-order valence-corrected chi connectivity index (χ3v) is 10.8. The molecule has 0 fully saturated rings. The van der Waals surface area contributed by atoms with Gasteiger partial charge in [-0.15, -0.1) is 0 Å². The van der Waals surface area contributed by atoms with Gasteiger partial charge in [0, 0.05) is 76.8 Å². The normalized spacial score (nSPS) is 12.7. The summed E-state index contributed by atoms with van der Waals surface area (Å²) in [6.45, 7) is 18.1. The first kappa shape index (κ1) is 43.9. The second kappa shape index (κ2) is 17.3. The minimum atomic E-state index is -3.21. The number of carbonyl (C=O) groups is 2. The molecule has 0 aliphatic heterocycles. The summed E-state index contributed by atoms with van der Waals surface area (Å²) in [6, 6.07) is 11.5. The van der Waals surface area contributed by atoms with E-state index in [9.17, 15) is 26.4 Å². The number of ketones is 2. The Morgan fingerprint density at radius 3 is 1.48 bits per heavy atom. The van der Waals surface area contributed by atoms with Gasteiger partial charge in [0.15, 0.2) is 11.6 Å². The van der Waals surface area contributed by atoms with Crippen LogP contribution in [0.15, 0.2) is 40.9 Å². The third kappa shape index (κ3) is 12.2. The summed E-state index contributed by atoms with van der Waals surface area (Å²) >= 11 is 10.0. The van der Waals surface area contributed by atoms with Gasteiger partial charge in [0.1, 0.15) is 0 Å². The van der Waals surface area contributed by atoms with Crippen LogP contribution in [0.3, 0.4) is 0 Å². The molecule has 4 aromatic rings. The number of carbonyl (C=O) groups excluding carboxylic acids is 2. The van der Waals surface area contributed by atoms with Crippen molar-refractivity contribution < 1.29 is 26.4 Å². The Balaban J connectivity index is 0.000000280. The van der Waals surface area contributed by atoms with Crippen molar-refractivity contribution in [1.29, 1.82) is 0 Å². The van der Waals surface area contributed by atoms with Crippen LogP contribution in [0.1, 0.15) is 99.3 Å². The Morgan fingerprint density at radius 2 is 1.08 bits per heavy atom. The van der Waals surface area contributed by atoms with Crippen molar-refractivity contribution in [3.05, 3.63) is 68.4 Å². The lowest BCUT2D eigenvalue weighted by molar-refractivity contribution is 0.0931. The van der Waals surface area contributed by atoms with Crippen LogP contribution in [0.25, 0.3) is 21.8 Å². The molecule has 0 aliphatic rings. The average Bonchev–Trinajstić information content (AvgIpc) is 3.42. The number of rotatable bonds is 14. The number of hydrogen-bond acceptors (Lipinski definition) is 6. The van der Waals surface area contributed by atoms with Gasteiger partial charge in [-0.1, -0.05) is 77.4 Å². The van der Waals surface area contributed by atoms with Crippen molar-refractivity contribution in [3.8, 4) is 0 Å². The summed E-state index contributed by atoms with van der Waals surface area (Å²) in [5.41, 5.74) is 4.94. The van der Waals surface area contributed by atoms with Crippen LogP contribution < -0.4 is 9.44 Å². The number of sulfonamides is 2. The molecule has 288 valence electrons. The molecule has 0 spiro atoms. The minimum Gasteiger partial charge on any atom is -0.343 e. The number of Topliss-reactive ketones (excluding diaryl/α,β-unsaturated/α-hetero) is 2. The zero-order chi connectivity index (χ0) is 39.4. The molecule has 4 rings (SSSR count). The Kier molecular flexibility index (Phi) is 14.6. The number of aryl methyl sites for hydroxylation is 2. The summed E-state index contributed by atoms with van der Waals surface area (Å²) in [4.78, 5) is 25.9. The number of halogens is 2. The zero-order valence-electron chi connectivity index (χ0n) is 32.0. The molecule has 52 heavy (non-hydrogen) atoms. The van der Waals surface area contributed by atoms with Crippen LogP contribution >= 0.6 is 27.5 Å². The first-order valence-electron chi connectivity index (χ1n) is 17.3. The largest absolute Gasteiger partial charge is 0.343 e. The maximum Gasteiger partial charge on any atom is 0.208 e. The molecule has 0 amide bonds. The van der Waals surface area contributed by atoms with Crippen molar-refractivity contribution >= 4 is 80.9 Å². The van der Waals surface area contributed by atoms with Gasteiger partial charge in [-0.2, -0.15) is 0 Å². The van der Waals surface area contributed by atoms with E-state index in [0.717, 1.165) is 55.7 Å². The fourth-order valence-electron chi connectivity index (χ4n) is 6.37. The number of aromatic nitrogens is 2. The van der Waals surface area contributed by atoms with Gasteiger partial charge in [-0.25, -0.2) is 26.3 Å². The molecular formula is C38H54BrClN4O6S2. The first-order valence-corrected chi connectivity index (χ1v) is 22.3. The lowest BCUT2D eigenvalue weighted by Crippen LogP contribution is -2.24. The Bertz CT molecular complexity index is 2000. The topological polar surface area (TPSA) is 136 Å². The number of nitrogens with one attached hydrogen (secondary N) is 2. The quantitative estimate of drug-likeness (QED) is 0.0967. The minimum absolute atomic E-state index is 0.0800. The molecule has 2 aromatic heterocycles. The SMILES string of the molecule is Cc1c(C(=O)CC(C)(C)C)c2cccc(Br)c2n1CCCNS(C)(=O)=O.Cc1c(C(=O)CC(C)(C)C)c2cccc(Cl)c2n1CCCNS(C)(=O)=O. The highest BCUT2D eigenvalue weighted by molar-refractivity contribution is 9.10. The van der Waals surface area contributed by atoms with Crippen molar-refractivity contribution in [2.75, 3.05) is 25.6 Å². The van der Waals surface area contributed by atoms with Crippen molar-refractivity contribution in [2.45, 2.75) is 94.2 Å². The van der Waals surface area contributed by atoms with Gasteiger partial charge in [0.25, 0.3) is 0 Å². The van der Waals surface area contributed by atoms with Crippen LogP contribution in [0, 0.1) is 24.7 Å². The predicted molar refractivity (Wildman–Crippen MR) is 218 cm³/mol. The molecule has 0 saturated carbocycles. The maximum atomic E-state index is 13.0. The van der Waals surface area contributed by atoms with Crippen LogP contribution in [0.5, 0.6) is 0 Å². The van der Waals surface area contributed by atoms with Gasteiger partial charge in [0.05, 0.1) is 28.6 Å². The molecular weight excluding hydrogens is 788 g/mol. The molecule has 0 atom stereocenters. The second-order valence-corrected chi connectivity index (χ2v) is 20.8. The van der Waals surface area contributed by atoms with Crippen LogP contribution in [0.2, 0.25) is 5.02 Å². The van der Waals surface area contributed by atoms with E-state index < -0.39 is 20.0 Å². The summed E-state index contributed by atoms with van der Waals surface area (Å²) in [7, 11) is -6.40. The highest BCUT2D eigenvalue weighted by Crippen LogP contribution is 2.36. The van der Waals surface area contributed by atoms with E-state index in [1.165, 1.54) is 0 Å². The van der Waals surface area contributed by atoms with E-state index >= 15 is 0 Å². The zero-order valence-corrected chi connectivity index (χ0v) is 36.0. The number of para-hydroxylation sites is 2. The maximum absolute atomic E-state index is 13.0. The Labute approximate surface area is 323 Å². The van der Waals surface area contributed by atoms with Gasteiger partial charge >= 0.3 is 0 Å². The number of benzene rings is 2. The summed E-state index contributed by atoms with van der Waals surface area (Å²) in [5.74, 6) is 0.251. The van der Waals surface area contributed by atoms with E-state index in [4.69, 9.17) is 11.6 Å². The second-order valence-electron chi connectivity index (χ2n) is 15.9. The van der Waals surface area contributed by atoms with E-state index in [1.807, 2.05) is 75.6 Å². The van der Waals surface area contributed by atoms with Gasteiger partial charge in [-0.05, 0) is 65.6 Å². The molecule has 2 heterocycles. The Morgan fingerprint density at radius 1 is 0.692 bits per heavy atom. The van der Waals surface area contributed by atoms with Crippen molar-refractivity contribution in [2.24, 2.45) is 10.8 Å². The lowest BCUT2D eigenvalue weighted by Gasteiger charge is -2.17. The number of fused-ring (bicyclic) bond motifs is 2. The van der Waals surface area contributed by atoms with Crippen LogP contribution in [-0.2, 0) is 33.1 Å². The number of hydrogen-bond donors (Lipinski definition) is 2. The average molecular weight is 842 g/mol. The van der Waals surface area contributed by atoms with Crippen LogP contribution in [-0.4, -0.2) is 63.1 Å². The van der Waals surface area contributed by atoms with E-state index in [-0.39, 0.29) is 22.4 Å². The molecule has 0 aliphatic carbocycles. The molecule has 0 unspecified atom stereocenters. The monoisotopic (exact) mass is 840 g/mol. The smallest absolute Gasteiger partial charge is 0.208 e. The molecule has 0 bridgehead atoms. The van der Waals surface area contributed by atoms with Crippen molar-refractivity contribution in [1.82, 2.24) is 18.6 Å². The molecule has 2 aromatic carbocycles. The molecule has 10 nitrogen and oxygen atoms in total. The third-order valence-electron chi connectivity index (χ3n) is 8.37. The Hall–Kier alpha value is -2.55. The molecule has 0 radical (unpaired) electrons. The summed E-state index contributed by atoms with van der Waals surface area (Å²) in [5, 5.41) is 2.40. The standard InChI is InChI=1S/C19H27BrN2O3S.C19H27ClN2O3S/c2*1-13-17(16(23)12-19(2,3)4)14-8-6-9-15(20)18(14)22(13)11-7-10-21-26(5,24)25/h2*6,8-9,21H,7,10-12H2,1-5H3. The fraction of sp³-hybridized carbons (Fsp3) is 0.526. The van der Waals surface area contributed by atoms with E-state index in [1.54, 1.807) is 0 Å². The van der Waals surface area contributed by atoms with Gasteiger partial charge < -0.3 is 9.13 Å². The van der Waals surface area contributed by atoms with Crippen molar-refractivity contribution in [3.63, 3.8) is 0 Å². The number of nitrogens with zero attached hydrogens (tertiary/aromatic N) is 2. The lowest BCUT2D eigenvalue weighted by atomic mass is 9.87. The molecule has 14 heteroatoms. The summed E-state index contributed by atoms with van der Waals surface area (Å²) < 4.78 is 55.0. The molecule has 2 N–H and O–H groups in total. The summed E-state index contributed by atoms with van der Waals surface area (Å²) in [6.07, 6.45) is 4.48. The highest BCUT2D eigenvalue weighted by Gasteiger charge is 2.26. The van der Waals surface area contributed by atoms with E-state index in [2.05, 4.69) is 50.7 Å². The van der Waals surface area contributed by atoms with Gasteiger partial charge in [0.2, 0.25) is 20.0 Å². The fourth-order valence-corrected chi connectivity index (χ4v) is 8.26.